The Labute approximate surface area is 167 Å². The normalized spacial score (nSPS) is 13.7. The highest BCUT2D eigenvalue weighted by molar-refractivity contribution is 5.81. The molecule has 1 heterocycles. The molecular weight excluding hydrogens is 342 g/mol. The molecule has 0 amide bonds. The maximum atomic E-state index is 5.52. The lowest BCUT2D eigenvalue weighted by molar-refractivity contribution is 0.483. The Morgan fingerprint density at radius 2 is 1.61 bits per heavy atom. The van der Waals surface area contributed by atoms with E-state index in [9.17, 15) is 0 Å². The summed E-state index contributed by atoms with van der Waals surface area (Å²) in [5.41, 5.74) is 7.51. The minimum atomic E-state index is 0.344. The van der Waals surface area contributed by atoms with Gasteiger partial charge in [0.25, 0.3) is 0 Å². The van der Waals surface area contributed by atoms with Gasteiger partial charge in [0.2, 0.25) is 0 Å². The van der Waals surface area contributed by atoms with Crippen LogP contribution in [0.25, 0.3) is 0 Å². The van der Waals surface area contributed by atoms with E-state index < -0.39 is 0 Å². The first-order chi connectivity index (χ1) is 13.7. The number of aryl methyl sites for hydroxylation is 2. The first-order valence-electron chi connectivity index (χ1n) is 9.72. The SMILES string of the molecule is C=COc1ccc2c(c1)CCc1ccccc1N2c1ccc(C(C)C=C)cc1. The van der Waals surface area contributed by atoms with Crippen molar-refractivity contribution >= 4 is 17.1 Å². The zero-order valence-corrected chi connectivity index (χ0v) is 16.3. The summed E-state index contributed by atoms with van der Waals surface area (Å²) in [6.45, 7) is 9.75. The lowest BCUT2D eigenvalue weighted by atomic mass is 10.0. The van der Waals surface area contributed by atoms with Crippen LogP contribution < -0.4 is 9.64 Å². The molecular formula is C26H25NO. The quantitative estimate of drug-likeness (QED) is 0.353. The van der Waals surface area contributed by atoms with Gasteiger partial charge >= 0.3 is 0 Å². The van der Waals surface area contributed by atoms with E-state index in [4.69, 9.17) is 4.74 Å². The van der Waals surface area contributed by atoms with Gasteiger partial charge in [-0.1, -0.05) is 49.9 Å². The van der Waals surface area contributed by atoms with E-state index in [1.54, 1.807) is 0 Å². The summed E-state index contributed by atoms with van der Waals surface area (Å²) in [5.74, 6) is 1.17. The molecule has 0 aliphatic carbocycles. The highest BCUT2D eigenvalue weighted by Gasteiger charge is 2.22. The van der Waals surface area contributed by atoms with Crippen molar-refractivity contribution in [1.29, 1.82) is 0 Å². The van der Waals surface area contributed by atoms with Crippen LogP contribution in [0.1, 0.15) is 29.5 Å². The van der Waals surface area contributed by atoms with Crippen molar-refractivity contribution < 1.29 is 4.74 Å². The molecule has 0 saturated heterocycles. The second-order valence-corrected chi connectivity index (χ2v) is 7.16. The van der Waals surface area contributed by atoms with Gasteiger partial charge in [0, 0.05) is 17.1 Å². The summed E-state index contributed by atoms with van der Waals surface area (Å²) in [5, 5.41) is 0. The third-order valence-electron chi connectivity index (χ3n) is 5.44. The molecule has 0 spiro atoms. The third kappa shape index (κ3) is 3.34. The maximum Gasteiger partial charge on any atom is 0.126 e. The smallest absolute Gasteiger partial charge is 0.126 e. The molecule has 0 aromatic heterocycles. The van der Waals surface area contributed by atoms with Gasteiger partial charge in [0.15, 0.2) is 0 Å². The third-order valence-corrected chi connectivity index (χ3v) is 5.44. The number of hydrogen-bond acceptors (Lipinski definition) is 2. The van der Waals surface area contributed by atoms with Crippen LogP contribution >= 0.6 is 0 Å². The van der Waals surface area contributed by atoms with Gasteiger partial charge in [-0.15, -0.1) is 6.58 Å². The molecule has 3 aromatic rings. The Balaban J connectivity index is 1.85. The van der Waals surface area contributed by atoms with E-state index in [0.717, 1.165) is 24.3 Å². The zero-order valence-electron chi connectivity index (χ0n) is 16.3. The van der Waals surface area contributed by atoms with Gasteiger partial charge in [-0.05, 0) is 71.8 Å². The second-order valence-electron chi connectivity index (χ2n) is 7.16. The number of fused-ring (bicyclic) bond motifs is 2. The van der Waals surface area contributed by atoms with Crippen molar-refractivity contribution in [2.24, 2.45) is 0 Å². The lowest BCUT2D eigenvalue weighted by Crippen LogP contribution is -2.11. The van der Waals surface area contributed by atoms with Gasteiger partial charge in [0.05, 0.1) is 6.26 Å². The van der Waals surface area contributed by atoms with E-state index in [0.29, 0.717) is 5.92 Å². The van der Waals surface area contributed by atoms with Crippen LogP contribution in [0, 0.1) is 0 Å². The van der Waals surface area contributed by atoms with Crippen LogP contribution in [0.4, 0.5) is 17.1 Å². The van der Waals surface area contributed by atoms with Crippen LogP contribution in [-0.2, 0) is 12.8 Å². The van der Waals surface area contributed by atoms with Gasteiger partial charge in [-0.2, -0.15) is 0 Å². The number of anilines is 3. The van der Waals surface area contributed by atoms with E-state index in [1.807, 2.05) is 12.1 Å². The molecule has 1 aliphatic heterocycles. The van der Waals surface area contributed by atoms with Crippen molar-refractivity contribution in [2.45, 2.75) is 25.7 Å². The average Bonchev–Trinajstić information content (AvgIpc) is 2.90. The van der Waals surface area contributed by atoms with Crippen molar-refractivity contribution in [3.8, 4) is 5.75 Å². The highest BCUT2D eigenvalue weighted by atomic mass is 16.5. The fraction of sp³-hybridized carbons (Fsp3) is 0.154. The van der Waals surface area contributed by atoms with Gasteiger partial charge in [0.1, 0.15) is 5.75 Å². The molecule has 0 fully saturated rings. The Kier molecular flexibility index (Phi) is 5.03. The number of para-hydroxylation sites is 1. The molecule has 1 aliphatic rings. The zero-order chi connectivity index (χ0) is 19.5. The standard InChI is InChI=1S/C26H25NO/c1-4-19(3)20-12-14-23(15-13-20)27-25-9-7-6-8-21(25)10-11-22-18-24(28-5-2)16-17-26(22)27/h4-9,12-19H,1-2,10-11H2,3H3. The van der Waals surface area contributed by atoms with Crippen molar-refractivity contribution in [3.63, 3.8) is 0 Å². The molecule has 1 atom stereocenters. The Bertz CT molecular complexity index is 1000. The molecule has 2 heteroatoms. The Morgan fingerprint density at radius 3 is 2.36 bits per heavy atom. The first-order valence-corrected chi connectivity index (χ1v) is 9.72. The van der Waals surface area contributed by atoms with Gasteiger partial charge in [-0.25, -0.2) is 0 Å². The fourth-order valence-electron chi connectivity index (χ4n) is 3.83. The summed E-state index contributed by atoms with van der Waals surface area (Å²) >= 11 is 0. The number of ether oxygens (including phenoxy) is 1. The second kappa shape index (κ2) is 7.77. The van der Waals surface area contributed by atoms with Crippen LogP contribution in [0.3, 0.4) is 0 Å². The average molecular weight is 367 g/mol. The van der Waals surface area contributed by atoms with Gasteiger partial charge < -0.3 is 9.64 Å². The molecule has 1 unspecified atom stereocenters. The van der Waals surface area contributed by atoms with Crippen molar-refractivity contribution in [1.82, 2.24) is 0 Å². The predicted octanol–water partition coefficient (Wildman–Crippen LogP) is 7.07. The fourth-order valence-corrected chi connectivity index (χ4v) is 3.83. The molecule has 3 aromatic carbocycles. The van der Waals surface area contributed by atoms with Crippen molar-refractivity contribution in [2.75, 3.05) is 4.90 Å². The maximum absolute atomic E-state index is 5.52. The molecule has 2 nitrogen and oxygen atoms in total. The summed E-state index contributed by atoms with van der Waals surface area (Å²) in [4.78, 5) is 2.36. The van der Waals surface area contributed by atoms with Crippen molar-refractivity contribution in [3.05, 3.63) is 109 Å². The van der Waals surface area contributed by atoms with Crippen LogP contribution in [0.15, 0.2) is 92.2 Å². The van der Waals surface area contributed by atoms with Crippen LogP contribution in [0.2, 0.25) is 0 Å². The summed E-state index contributed by atoms with van der Waals surface area (Å²) in [6, 6.07) is 23.8. The minimum Gasteiger partial charge on any atom is -0.466 e. The van der Waals surface area contributed by atoms with E-state index in [-0.39, 0.29) is 0 Å². The largest absolute Gasteiger partial charge is 0.466 e. The number of hydrogen-bond donors (Lipinski definition) is 0. The van der Waals surface area contributed by atoms with E-state index in [2.05, 4.69) is 85.6 Å². The predicted molar refractivity (Wildman–Crippen MR) is 118 cm³/mol. The molecule has 140 valence electrons. The monoisotopic (exact) mass is 367 g/mol. The number of benzene rings is 3. The minimum absolute atomic E-state index is 0.344. The molecule has 28 heavy (non-hydrogen) atoms. The number of allylic oxidation sites excluding steroid dienone is 1. The molecule has 4 rings (SSSR count). The Hall–Kier alpha value is -3.26. The van der Waals surface area contributed by atoms with E-state index >= 15 is 0 Å². The molecule has 0 radical (unpaired) electrons. The topological polar surface area (TPSA) is 12.5 Å². The summed E-state index contributed by atoms with van der Waals surface area (Å²) in [6.07, 6.45) is 5.43. The van der Waals surface area contributed by atoms with E-state index in [1.165, 1.54) is 34.3 Å². The molecule has 0 N–H and O–H groups in total. The Morgan fingerprint density at radius 1 is 0.893 bits per heavy atom. The highest BCUT2D eigenvalue weighted by Crippen LogP contribution is 2.42. The summed E-state index contributed by atoms with van der Waals surface area (Å²) in [7, 11) is 0. The first kappa shape index (κ1) is 18.1. The summed E-state index contributed by atoms with van der Waals surface area (Å²) < 4.78 is 5.52. The number of nitrogens with zero attached hydrogens (tertiary/aromatic N) is 1. The van der Waals surface area contributed by atoms with Gasteiger partial charge in [-0.3, -0.25) is 0 Å². The molecule has 0 saturated carbocycles. The lowest BCUT2D eigenvalue weighted by Gasteiger charge is -2.27. The molecule has 0 bridgehead atoms. The van der Waals surface area contributed by atoms with Crippen LogP contribution in [-0.4, -0.2) is 0 Å². The van der Waals surface area contributed by atoms with Crippen LogP contribution in [0.5, 0.6) is 5.75 Å². The number of rotatable bonds is 5.